The van der Waals surface area contributed by atoms with Crippen molar-refractivity contribution in [2.45, 2.75) is 0 Å². The molecular formula is C33H28N4O5S4. The van der Waals surface area contributed by atoms with Crippen molar-refractivity contribution in [3.05, 3.63) is 99.7 Å². The van der Waals surface area contributed by atoms with Gasteiger partial charge in [-0.15, -0.1) is 22.7 Å². The molecule has 234 valence electrons. The lowest BCUT2D eigenvalue weighted by Gasteiger charge is -2.14. The Morgan fingerprint density at radius 1 is 0.609 bits per heavy atom. The molecule has 2 aliphatic carbocycles. The van der Waals surface area contributed by atoms with Gasteiger partial charge in [-0.3, -0.25) is 19.6 Å². The van der Waals surface area contributed by atoms with Crippen LogP contribution in [0.25, 0.3) is 22.5 Å². The molecule has 0 radical (unpaired) electrons. The molecular weight excluding hydrogens is 661 g/mol. The van der Waals surface area contributed by atoms with E-state index in [-0.39, 0.29) is 23.3 Å². The van der Waals surface area contributed by atoms with Crippen LogP contribution in [0.4, 0.5) is 0 Å². The molecule has 2 aliphatic rings. The zero-order valence-electron chi connectivity index (χ0n) is 25.4. The molecule has 6 aromatic rings. The lowest BCUT2D eigenvalue weighted by Crippen LogP contribution is -2.18. The predicted molar refractivity (Wildman–Crippen MR) is 188 cm³/mol. The maximum Gasteiger partial charge on any atom is 0.206 e. The molecule has 0 unspecified atom stereocenters. The maximum atomic E-state index is 12.9. The second-order valence-corrected chi connectivity index (χ2v) is 13.5. The number of aromatic hydroxyl groups is 2. The first-order chi connectivity index (χ1) is 22.3. The Morgan fingerprint density at radius 2 is 1.00 bits per heavy atom. The number of carbonyl (C=O) groups excluding carboxylic acids is 2. The number of nitrogens with zero attached hydrogens (tertiary/aromatic N) is 4. The smallest absolute Gasteiger partial charge is 0.206 e. The quantitative estimate of drug-likeness (QED) is 0.187. The van der Waals surface area contributed by atoms with E-state index in [0.717, 1.165) is 40.8 Å². The molecule has 0 fully saturated rings. The third-order valence-corrected chi connectivity index (χ3v) is 11.1. The van der Waals surface area contributed by atoms with Crippen LogP contribution in [-0.2, 0) is 14.1 Å². The highest BCUT2D eigenvalue weighted by Gasteiger charge is 2.38. The SMILES string of the molecule is CN=C1c2ccsc2C(=O)c2c1c(O)n(C)c2-c1ccsc1.CN=C1c2ccsc2C(=O)c2c1c(O)n(C)c2-c1ccsc1.CO. The molecule has 0 atom stereocenters. The van der Waals surface area contributed by atoms with Crippen molar-refractivity contribution in [3.8, 4) is 34.3 Å². The average molecular weight is 689 g/mol. The molecule has 8 rings (SSSR count). The highest BCUT2D eigenvalue weighted by atomic mass is 32.1. The number of ketones is 2. The van der Waals surface area contributed by atoms with Crippen LogP contribution in [-0.4, -0.2) is 68.6 Å². The highest BCUT2D eigenvalue weighted by Crippen LogP contribution is 2.44. The zero-order chi connectivity index (χ0) is 32.9. The van der Waals surface area contributed by atoms with Crippen LogP contribution in [0, 0.1) is 0 Å². The van der Waals surface area contributed by atoms with Crippen molar-refractivity contribution >= 4 is 68.3 Å². The van der Waals surface area contributed by atoms with E-state index in [9.17, 15) is 19.8 Å². The van der Waals surface area contributed by atoms with Gasteiger partial charge in [0.05, 0.1) is 54.8 Å². The minimum atomic E-state index is -0.0375. The van der Waals surface area contributed by atoms with Crippen LogP contribution in [0.3, 0.4) is 0 Å². The summed E-state index contributed by atoms with van der Waals surface area (Å²) in [5, 5.41) is 39.8. The molecule has 13 heteroatoms. The first kappa shape index (κ1) is 31.6. The van der Waals surface area contributed by atoms with Gasteiger partial charge in [-0.25, -0.2) is 0 Å². The number of hydrogen-bond acceptors (Lipinski definition) is 11. The van der Waals surface area contributed by atoms with Crippen LogP contribution in [0.1, 0.15) is 52.7 Å². The normalized spacial score (nSPS) is 14.7. The molecule has 0 spiro atoms. The average Bonchev–Trinajstić information content (AvgIpc) is 3.91. The Kier molecular flexibility index (Phi) is 8.53. The number of aliphatic hydroxyl groups excluding tert-OH is 1. The van der Waals surface area contributed by atoms with Crippen LogP contribution >= 0.6 is 45.3 Å². The van der Waals surface area contributed by atoms with Gasteiger partial charge in [0.15, 0.2) is 0 Å². The van der Waals surface area contributed by atoms with Crippen molar-refractivity contribution in [1.82, 2.24) is 9.13 Å². The number of hydrogen-bond donors (Lipinski definition) is 3. The van der Waals surface area contributed by atoms with E-state index in [4.69, 9.17) is 5.11 Å². The van der Waals surface area contributed by atoms with Gasteiger partial charge in [0.2, 0.25) is 23.3 Å². The van der Waals surface area contributed by atoms with E-state index in [2.05, 4.69) is 9.98 Å². The Balaban J connectivity index is 0.000000153. The lowest BCUT2D eigenvalue weighted by atomic mass is 9.89. The number of rotatable bonds is 2. The van der Waals surface area contributed by atoms with Crippen molar-refractivity contribution in [2.24, 2.45) is 24.1 Å². The van der Waals surface area contributed by atoms with Crippen LogP contribution in [0.15, 0.2) is 66.5 Å². The molecule has 0 bridgehead atoms. The molecule has 0 aromatic carbocycles. The molecule has 6 heterocycles. The Bertz CT molecular complexity index is 2020. The van der Waals surface area contributed by atoms with Crippen molar-refractivity contribution in [1.29, 1.82) is 0 Å². The Hall–Kier alpha value is -4.40. The Morgan fingerprint density at radius 3 is 1.33 bits per heavy atom. The molecule has 9 nitrogen and oxygen atoms in total. The number of aromatic nitrogens is 2. The zero-order valence-corrected chi connectivity index (χ0v) is 28.6. The van der Waals surface area contributed by atoms with Gasteiger partial charge in [0.1, 0.15) is 0 Å². The summed E-state index contributed by atoms with van der Waals surface area (Å²) in [7, 11) is 7.92. The van der Waals surface area contributed by atoms with E-state index >= 15 is 0 Å². The van der Waals surface area contributed by atoms with Crippen LogP contribution < -0.4 is 0 Å². The summed E-state index contributed by atoms with van der Waals surface area (Å²) in [6.07, 6.45) is 0. The summed E-state index contributed by atoms with van der Waals surface area (Å²) >= 11 is 5.97. The third-order valence-electron chi connectivity index (χ3n) is 7.94. The fraction of sp³-hybridized carbons (Fsp3) is 0.152. The number of aliphatic hydroxyl groups is 1. The maximum absolute atomic E-state index is 12.9. The topological polar surface area (TPSA) is 129 Å². The fourth-order valence-corrected chi connectivity index (χ4v) is 8.98. The lowest BCUT2D eigenvalue weighted by molar-refractivity contribution is 0.103. The van der Waals surface area contributed by atoms with Crippen molar-refractivity contribution < 1.29 is 24.9 Å². The number of thiophene rings is 4. The van der Waals surface area contributed by atoms with Gasteiger partial charge in [-0.05, 0) is 45.8 Å². The van der Waals surface area contributed by atoms with Gasteiger partial charge >= 0.3 is 0 Å². The van der Waals surface area contributed by atoms with Gasteiger partial charge in [-0.2, -0.15) is 22.7 Å². The van der Waals surface area contributed by atoms with E-state index in [1.165, 1.54) is 22.7 Å². The van der Waals surface area contributed by atoms with E-state index in [1.807, 2.05) is 56.5 Å². The molecule has 46 heavy (non-hydrogen) atoms. The molecule has 6 aromatic heterocycles. The van der Waals surface area contributed by atoms with Gasteiger partial charge in [0, 0.05) is 68.3 Å². The Labute approximate surface area is 280 Å². The van der Waals surface area contributed by atoms with Crippen molar-refractivity contribution in [2.75, 3.05) is 21.2 Å². The van der Waals surface area contributed by atoms with Gasteiger partial charge in [0.25, 0.3) is 0 Å². The molecule has 0 saturated heterocycles. The summed E-state index contributed by atoms with van der Waals surface area (Å²) < 4.78 is 3.35. The second-order valence-electron chi connectivity index (χ2n) is 10.1. The fourth-order valence-electron chi connectivity index (χ4n) is 6.01. The monoisotopic (exact) mass is 688 g/mol. The van der Waals surface area contributed by atoms with E-state index in [1.54, 1.807) is 60.0 Å². The first-order valence-corrected chi connectivity index (χ1v) is 17.5. The number of aliphatic imine (C=N–C) groups is 2. The molecule has 0 amide bonds. The summed E-state index contributed by atoms with van der Waals surface area (Å²) in [5.41, 5.74) is 8.54. The van der Waals surface area contributed by atoms with E-state index < -0.39 is 0 Å². The largest absolute Gasteiger partial charge is 0.494 e. The van der Waals surface area contributed by atoms with E-state index in [0.29, 0.717) is 43.4 Å². The number of carbonyl (C=O) groups is 2. The molecule has 0 saturated carbocycles. The van der Waals surface area contributed by atoms with Crippen LogP contribution in [0.2, 0.25) is 0 Å². The summed E-state index contributed by atoms with van der Waals surface area (Å²) in [4.78, 5) is 35.9. The minimum Gasteiger partial charge on any atom is -0.494 e. The van der Waals surface area contributed by atoms with Crippen LogP contribution in [0.5, 0.6) is 11.8 Å². The number of fused-ring (bicyclic) bond motifs is 4. The van der Waals surface area contributed by atoms with Crippen molar-refractivity contribution in [3.63, 3.8) is 0 Å². The summed E-state index contributed by atoms with van der Waals surface area (Å²) in [5.74, 6) is 0.0954. The minimum absolute atomic E-state index is 0.0375. The standard InChI is InChI=1S/2C16H12N2O2S2.CH4O/c2*1-17-12-9-4-6-22-15(9)14(19)11-10(12)16(20)18(2)13(11)8-3-5-21-7-8;1-2/h2*3-7,20H,1-2H3;2H,1H3. The third kappa shape index (κ3) is 4.57. The molecule has 0 aliphatic heterocycles. The summed E-state index contributed by atoms with van der Waals surface area (Å²) in [6.45, 7) is 0. The predicted octanol–water partition coefficient (Wildman–Crippen LogP) is 6.67. The second kappa shape index (κ2) is 12.4. The molecule has 3 N–H and O–H groups in total. The van der Waals surface area contributed by atoms with Gasteiger partial charge in [-0.1, -0.05) is 0 Å². The summed E-state index contributed by atoms with van der Waals surface area (Å²) in [6, 6.07) is 7.69. The van der Waals surface area contributed by atoms with Gasteiger partial charge < -0.3 is 24.5 Å². The highest BCUT2D eigenvalue weighted by molar-refractivity contribution is 7.13. The first-order valence-electron chi connectivity index (χ1n) is 13.8.